The third kappa shape index (κ3) is 3.23. The van der Waals surface area contributed by atoms with Crippen LogP contribution in [0.2, 0.25) is 0 Å². The molecule has 24 heavy (non-hydrogen) atoms. The molecule has 2 aromatic heterocycles. The van der Waals surface area contributed by atoms with Gasteiger partial charge in [0.2, 0.25) is 0 Å². The monoisotopic (exact) mass is 325 g/mol. The lowest BCUT2D eigenvalue weighted by atomic mass is 9.99. The molecule has 3 heterocycles. The zero-order chi connectivity index (χ0) is 17.1. The zero-order valence-corrected chi connectivity index (χ0v) is 14.4. The molecule has 0 unspecified atom stereocenters. The second kappa shape index (κ2) is 6.97. The molecule has 1 fully saturated rings. The number of amides is 1. The van der Waals surface area contributed by atoms with Crippen molar-refractivity contribution in [1.29, 1.82) is 0 Å². The highest BCUT2D eigenvalue weighted by molar-refractivity contribution is 6.01. The van der Waals surface area contributed by atoms with Crippen LogP contribution in [-0.2, 0) is 0 Å². The van der Waals surface area contributed by atoms with E-state index in [1.165, 1.54) is 0 Å². The predicted molar refractivity (Wildman–Crippen MR) is 95.3 cm³/mol. The van der Waals surface area contributed by atoms with Gasteiger partial charge < -0.3 is 15.1 Å². The number of nitrogens with zero attached hydrogens (tertiary/aromatic N) is 4. The van der Waals surface area contributed by atoms with E-state index < -0.39 is 0 Å². The highest BCUT2D eigenvalue weighted by Gasteiger charge is 2.20. The first-order valence-corrected chi connectivity index (χ1v) is 8.17. The molecule has 1 aliphatic rings. The first-order chi connectivity index (χ1) is 11.6. The summed E-state index contributed by atoms with van der Waals surface area (Å²) in [4.78, 5) is 25.7. The van der Waals surface area contributed by atoms with Crippen LogP contribution in [0.4, 0.5) is 5.82 Å². The average molecular weight is 325 g/mol. The molecule has 1 saturated heterocycles. The summed E-state index contributed by atoms with van der Waals surface area (Å²) in [6.07, 6.45) is 3.44. The quantitative estimate of drug-likeness (QED) is 0.928. The van der Waals surface area contributed by atoms with E-state index >= 15 is 0 Å². The van der Waals surface area contributed by atoms with Crippen LogP contribution in [0.3, 0.4) is 0 Å². The van der Waals surface area contributed by atoms with Gasteiger partial charge in [-0.05, 0) is 26.1 Å². The van der Waals surface area contributed by atoms with Crippen molar-refractivity contribution in [2.45, 2.75) is 6.92 Å². The van der Waals surface area contributed by atoms with Gasteiger partial charge in [-0.1, -0.05) is 6.07 Å². The molecule has 0 atom stereocenters. The molecule has 0 radical (unpaired) electrons. The Morgan fingerprint density at radius 3 is 2.58 bits per heavy atom. The standard InChI is InChI=1S/C18H23N5O/c1-13-14(5-4-6-20-13)15-11-17(21-12-16(15)18(24)19-2)23-9-7-22(3)8-10-23/h4-6,11-12H,7-10H2,1-3H3,(H,19,24). The van der Waals surface area contributed by atoms with Gasteiger partial charge in [-0.15, -0.1) is 0 Å². The Bertz CT molecular complexity index is 738. The lowest BCUT2D eigenvalue weighted by Gasteiger charge is -2.33. The van der Waals surface area contributed by atoms with Crippen LogP contribution in [0.5, 0.6) is 0 Å². The van der Waals surface area contributed by atoms with Crippen molar-refractivity contribution in [2.75, 3.05) is 45.2 Å². The predicted octanol–water partition coefficient (Wildman–Crippen LogP) is 1.56. The molecule has 6 heteroatoms. The first kappa shape index (κ1) is 16.4. The molecule has 0 aromatic carbocycles. The third-order valence-electron chi connectivity index (χ3n) is 4.49. The SMILES string of the molecule is CNC(=O)c1cnc(N2CCN(C)CC2)cc1-c1cccnc1C. The number of pyridine rings is 2. The number of piperazine rings is 1. The number of likely N-dealkylation sites (N-methyl/N-ethyl adjacent to an activating group) is 1. The van der Waals surface area contributed by atoms with E-state index in [0.29, 0.717) is 5.56 Å². The Morgan fingerprint density at radius 2 is 1.92 bits per heavy atom. The maximum absolute atomic E-state index is 12.3. The van der Waals surface area contributed by atoms with Gasteiger partial charge in [0.05, 0.1) is 5.56 Å². The van der Waals surface area contributed by atoms with Crippen LogP contribution in [0.25, 0.3) is 11.1 Å². The summed E-state index contributed by atoms with van der Waals surface area (Å²) in [7, 11) is 3.76. The highest BCUT2D eigenvalue weighted by atomic mass is 16.1. The van der Waals surface area contributed by atoms with Crippen molar-refractivity contribution in [3.8, 4) is 11.1 Å². The summed E-state index contributed by atoms with van der Waals surface area (Å²) in [5.74, 6) is 0.777. The lowest BCUT2D eigenvalue weighted by molar-refractivity contribution is 0.0963. The average Bonchev–Trinajstić information content (AvgIpc) is 2.62. The molecule has 1 aliphatic heterocycles. The Hall–Kier alpha value is -2.47. The molecule has 1 N–H and O–H groups in total. The number of anilines is 1. The maximum atomic E-state index is 12.3. The lowest BCUT2D eigenvalue weighted by Crippen LogP contribution is -2.44. The Kier molecular flexibility index (Phi) is 4.76. The van der Waals surface area contributed by atoms with Gasteiger partial charge in [-0.25, -0.2) is 4.98 Å². The fourth-order valence-corrected chi connectivity index (χ4v) is 2.96. The van der Waals surface area contributed by atoms with E-state index in [-0.39, 0.29) is 5.91 Å². The van der Waals surface area contributed by atoms with Gasteiger partial charge in [0.25, 0.3) is 5.91 Å². The molecular formula is C18H23N5O. The number of carbonyl (C=O) groups excluding carboxylic acids is 1. The number of nitrogens with one attached hydrogen (secondary N) is 1. The Labute approximate surface area is 142 Å². The minimum absolute atomic E-state index is 0.134. The molecule has 1 amide bonds. The molecule has 0 aliphatic carbocycles. The van der Waals surface area contributed by atoms with Gasteiger partial charge in [-0.3, -0.25) is 9.78 Å². The summed E-state index contributed by atoms with van der Waals surface area (Å²) in [5.41, 5.74) is 3.32. The van der Waals surface area contributed by atoms with Crippen molar-refractivity contribution in [1.82, 2.24) is 20.2 Å². The summed E-state index contributed by atoms with van der Waals surface area (Å²) in [6.45, 7) is 5.86. The van der Waals surface area contributed by atoms with Crippen LogP contribution in [0.15, 0.2) is 30.6 Å². The molecule has 0 bridgehead atoms. The van der Waals surface area contributed by atoms with Crippen LogP contribution in [-0.4, -0.2) is 61.0 Å². The molecule has 0 spiro atoms. The van der Waals surface area contributed by atoms with E-state index in [1.807, 2.05) is 25.1 Å². The number of hydrogen-bond donors (Lipinski definition) is 1. The summed E-state index contributed by atoms with van der Waals surface area (Å²) in [6, 6.07) is 5.91. The fraction of sp³-hybridized carbons (Fsp3) is 0.389. The van der Waals surface area contributed by atoms with Crippen molar-refractivity contribution >= 4 is 11.7 Å². The third-order valence-corrected chi connectivity index (χ3v) is 4.49. The number of hydrogen-bond acceptors (Lipinski definition) is 5. The van der Waals surface area contributed by atoms with Gasteiger partial charge in [0.15, 0.2) is 0 Å². The molecule has 6 nitrogen and oxygen atoms in total. The maximum Gasteiger partial charge on any atom is 0.253 e. The molecular weight excluding hydrogens is 302 g/mol. The van der Waals surface area contributed by atoms with Gasteiger partial charge in [-0.2, -0.15) is 0 Å². The van der Waals surface area contributed by atoms with E-state index in [4.69, 9.17) is 0 Å². The summed E-state index contributed by atoms with van der Waals surface area (Å²) >= 11 is 0. The Morgan fingerprint density at radius 1 is 1.17 bits per heavy atom. The van der Waals surface area contributed by atoms with Gasteiger partial charge in [0, 0.05) is 62.4 Å². The van der Waals surface area contributed by atoms with Crippen molar-refractivity contribution < 1.29 is 4.79 Å². The second-order valence-corrected chi connectivity index (χ2v) is 6.09. The highest BCUT2D eigenvalue weighted by Crippen LogP contribution is 2.29. The van der Waals surface area contributed by atoms with Crippen molar-refractivity contribution in [2.24, 2.45) is 0 Å². The topological polar surface area (TPSA) is 61.4 Å². The number of rotatable bonds is 3. The zero-order valence-electron chi connectivity index (χ0n) is 14.4. The van der Waals surface area contributed by atoms with E-state index in [0.717, 1.165) is 48.8 Å². The van der Waals surface area contributed by atoms with Crippen LogP contribution in [0.1, 0.15) is 16.1 Å². The number of aryl methyl sites for hydroxylation is 1. The summed E-state index contributed by atoms with van der Waals surface area (Å²) < 4.78 is 0. The van der Waals surface area contributed by atoms with E-state index in [9.17, 15) is 4.79 Å². The number of aromatic nitrogens is 2. The fourth-order valence-electron chi connectivity index (χ4n) is 2.96. The van der Waals surface area contributed by atoms with Gasteiger partial charge in [0.1, 0.15) is 5.82 Å². The molecule has 2 aromatic rings. The van der Waals surface area contributed by atoms with Gasteiger partial charge >= 0.3 is 0 Å². The molecule has 3 rings (SSSR count). The van der Waals surface area contributed by atoms with Crippen LogP contribution in [0, 0.1) is 6.92 Å². The van der Waals surface area contributed by atoms with E-state index in [2.05, 4.69) is 32.1 Å². The van der Waals surface area contributed by atoms with Crippen LogP contribution >= 0.6 is 0 Å². The molecule has 126 valence electrons. The second-order valence-electron chi connectivity index (χ2n) is 6.09. The first-order valence-electron chi connectivity index (χ1n) is 8.17. The van der Waals surface area contributed by atoms with Crippen LogP contribution < -0.4 is 10.2 Å². The number of carbonyl (C=O) groups is 1. The van der Waals surface area contributed by atoms with Crippen molar-refractivity contribution in [3.05, 3.63) is 41.9 Å². The normalized spacial score (nSPS) is 15.4. The van der Waals surface area contributed by atoms with E-state index in [1.54, 1.807) is 19.4 Å². The van der Waals surface area contributed by atoms with Crippen molar-refractivity contribution in [3.63, 3.8) is 0 Å². The molecule has 0 saturated carbocycles. The minimum atomic E-state index is -0.134. The minimum Gasteiger partial charge on any atom is -0.355 e. The Balaban J connectivity index is 2.04. The largest absolute Gasteiger partial charge is 0.355 e. The summed E-state index contributed by atoms with van der Waals surface area (Å²) in [5, 5.41) is 2.70. The smallest absolute Gasteiger partial charge is 0.253 e.